The molecule has 0 spiro atoms. The molecular weight excluding hydrogens is 306 g/mol. The molecule has 0 saturated heterocycles. The van der Waals surface area contributed by atoms with E-state index in [1.54, 1.807) is 12.1 Å². The first-order chi connectivity index (χ1) is 9.13. The molecule has 1 aliphatic rings. The number of fused-ring (bicyclic) bond motifs is 1. The molecule has 2 aromatic carbocycles. The normalized spacial score (nSPS) is 16.8. The van der Waals surface area contributed by atoms with Crippen LogP contribution in [0.15, 0.2) is 40.9 Å². The van der Waals surface area contributed by atoms with Crippen LogP contribution in [0.2, 0.25) is 0 Å². The minimum atomic E-state index is 0.106. The SMILES string of the molecule is Cc1ccc(NC2COc3cc(O)ccc32)c(Br)c1. The van der Waals surface area contributed by atoms with Gasteiger partial charge in [-0.15, -0.1) is 0 Å². The molecule has 1 atom stereocenters. The number of benzene rings is 2. The molecule has 0 fully saturated rings. The van der Waals surface area contributed by atoms with E-state index in [1.807, 2.05) is 6.07 Å². The van der Waals surface area contributed by atoms with Gasteiger partial charge in [0.2, 0.25) is 0 Å². The van der Waals surface area contributed by atoms with Gasteiger partial charge in [-0.1, -0.05) is 6.07 Å². The summed E-state index contributed by atoms with van der Waals surface area (Å²) in [6.07, 6.45) is 0. The molecule has 0 saturated carbocycles. The van der Waals surface area contributed by atoms with Crippen molar-refractivity contribution < 1.29 is 9.84 Å². The van der Waals surface area contributed by atoms with Gasteiger partial charge in [0, 0.05) is 21.8 Å². The van der Waals surface area contributed by atoms with Crippen LogP contribution in [0, 0.1) is 6.92 Å². The number of phenolic OH excluding ortho intramolecular Hbond substituents is 1. The van der Waals surface area contributed by atoms with Crippen molar-refractivity contribution in [3.05, 3.63) is 52.0 Å². The number of phenols is 1. The predicted octanol–water partition coefficient (Wildman–Crippen LogP) is 4.01. The fourth-order valence-corrected chi connectivity index (χ4v) is 2.85. The van der Waals surface area contributed by atoms with Crippen LogP contribution in [-0.2, 0) is 0 Å². The van der Waals surface area contributed by atoms with Crippen LogP contribution in [-0.4, -0.2) is 11.7 Å². The van der Waals surface area contributed by atoms with Gasteiger partial charge < -0.3 is 15.2 Å². The van der Waals surface area contributed by atoms with Gasteiger partial charge in [-0.25, -0.2) is 0 Å². The van der Waals surface area contributed by atoms with Crippen molar-refractivity contribution in [3.8, 4) is 11.5 Å². The van der Waals surface area contributed by atoms with E-state index >= 15 is 0 Å². The minimum Gasteiger partial charge on any atom is -0.508 e. The van der Waals surface area contributed by atoms with Crippen molar-refractivity contribution in [1.29, 1.82) is 0 Å². The first-order valence-corrected chi connectivity index (χ1v) is 6.91. The second-order valence-electron chi connectivity index (χ2n) is 4.71. The van der Waals surface area contributed by atoms with Crippen molar-refractivity contribution in [2.24, 2.45) is 0 Å². The third kappa shape index (κ3) is 2.40. The van der Waals surface area contributed by atoms with Crippen molar-refractivity contribution >= 4 is 21.6 Å². The average molecular weight is 320 g/mol. The average Bonchev–Trinajstić information content (AvgIpc) is 2.75. The predicted molar refractivity (Wildman–Crippen MR) is 78.8 cm³/mol. The summed E-state index contributed by atoms with van der Waals surface area (Å²) in [4.78, 5) is 0. The lowest BCUT2D eigenvalue weighted by molar-refractivity contribution is 0.338. The number of aromatic hydroxyl groups is 1. The van der Waals surface area contributed by atoms with E-state index in [9.17, 15) is 5.11 Å². The summed E-state index contributed by atoms with van der Waals surface area (Å²) in [5.41, 5.74) is 3.33. The van der Waals surface area contributed by atoms with Gasteiger partial charge in [-0.3, -0.25) is 0 Å². The third-order valence-corrected chi connectivity index (χ3v) is 3.89. The van der Waals surface area contributed by atoms with Gasteiger partial charge in [-0.2, -0.15) is 0 Å². The van der Waals surface area contributed by atoms with Gasteiger partial charge >= 0.3 is 0 Å². The van der Waals surface area contributed by atoms with Crippen molar-refractivity contribution in [2.45, 2.75) is 13.0 Å². The summed E-state index contributed by atoms with van der Waals surface area (Å²) in [7, 11) is 0. The van der Waals surface area contributed by atoms with Gasteiger partial charge in [0.1, 0.15) is 18.1 Å². The summed E-state index contributed by atoms with van der Waals surface area (Å²) in [5.74, 6) is 0.983. The van der Waals surface area contributed by atoms with E-state index in [0.717, 1.165) is 21.5 Å². The van der Waals surface area contributed by atoms with Crippen molar-refractivity contribution in [2.75, 3.05) is 11.9 Å². The van der Waals surface area contributed by atoms with Gasteiger partial charge in [0.05, 0.1) is 6.04 Å². The molecule has 3 nitrogen and oxygen atoms in total. The maximum atomic E-state index is 9.44. The molecule has 98 valence electrons. The molecule has 19 heavy (non-hydrogen) atoms. The smallest absolute Gasteiger partial charge is 0.128 e. The lowest BCUT2D eigenvalue weighted by atomic mass is 10.1. The quantitative estimate of drug-likeness (QED) is 0.878. The molecule has 0 aromatic heterocycles. The van der Waals surface area contributed by atoms with E-state index in [4.69, 9.17) is 4.74 Å². The molecule has 4 heteroatoms. The highest BCUT2D eigenvalue weighted by Gasteiger charge is 2.24. The highest BCUT2D eigenvalue weighted by molar-refractivity contribution is 9.10. The molecular formula is C15H14BrNO2. The Labute approximate surface area is 120 Å². The second-order valence-corrected chi connectivity index (χ2v) is 5.57. The first kappa shape index (κ1) is 12.4. The molecule has 1 heterocycles. The van der Waals surface area contributed by atoms with Crippen LogP contribution in [0.5, 0.6) is 11.5 Å². The Balaban J connectivity index is 1.86. The van der Waals surface area contributed by atoms with Crippen molar-refractivity contribution in [1.82, 2.24) is 0 Å². The molecule has 2 N–H and O–H groups in total. The van der Waals surface area contributed by atoms with Crippen LogP contribution in [0.4, 0.5) is 5.69 Å². The third-order valence-electron chi connectivity index (χ3n) is 3.23. The highest BCUT2D eigenvalue weighted by Crippen LogP contribution is 2.37. The van der Waals surface area contributed by atoms with Crippen LogP contribution in [0.25, 0.3) is 0 Å². The minimum absolute atomic E-state index is 0.106. The zero-order valence-electron chi connectivity index (χ0n) is 10.5. The van der Waals surface area contributed by atoms with Crippen LogP contribution in [0.1, 0.15) is 17.2 Å². The highest BCUT2D eigenvalue weighted by atomic mass is 79.9. The summed E-state index contributed by atoms with van der Waals surface area (Å²) in [5, 5.41) is 12.9. The number of hydrogen-bond donors (Lipinski definition) is 2. The van der Waals surface area contributed by atoms with Crippen LogP contribution >= 0.6 is 15.9 Å². The summed E-state index contributed by atoms with van der Waals surface area (Å²) < 4.78 is 6.63. The topological polar surface area (TPSA) is 41.5 Å². The summed E-state index contributed by atoms with van der Waals surface area (Å²) >= 11 is 3.56. The molecule has 1 unspecified atom stereocenters. The first-order valence-electron chi connectivity index (χ1n) is 6.12. The van der Waals surface area contributed by atoms with E-state index in [-0.39, 0.29) is 11.8 Å². The Hall–Kier alpha value is -1.68. The van der Waals surface area contributed by atoms with E-state index < -0.39 is 0 Å². The Bertz CT molecular complexity index is 628. The summed E-state index contributed by atoms with van der Waals surface area (Å²) in [6.45, 7) is 2.63. The number of anilines is 1. The van der Waals surface area contributed by atoms with Gasteiger partial charge in [0.15, 0.2) is 0 Å². The number of ether oxygens (including phenoxy) is 1. The Morgan fingerprint density at radius 3 is 2.89 bits per heavy atom. The molecule has 1 aliphatic heterocycles. The number of nitrogens with one attached hydrogen (secondary N) is 1. The van der Waals surface area contributed by atoms with Crippen LogP contribution < -0.4 is 10.1 Å². The maximum Gasteiger partial charge on any atom is 0.128 e. The molecule has 0 amide bonds. The maximum absolute atomic E-state index is 9.44. The summed E-state index contributed by atoms with van der Waals surface area (Å²) in [6, 6.07) is 11.5. The van der Waals surface area contributed by atoms with Crippen molar-refractivity contribution in [3.63, 3.8) is 0 Å². The number of rotatable bonds is 2. The van der Waals surface area contributed by atoms with Gasteiger partial charge in [0.25, 0.3) is 0 Å². The monoisotopic (exact) mass is 319 g/mol. The number of halogens is 1. The van der Waals surface area contributed by atoms with E-state index in [2.05, 4.69) is 46.4 Å². The largest absolute Gasteiger partial charge is 0.508 e. The number of hydrogen-bond acceptors (Lipinski definition) is 3. The molecule has 0 aliphatic carbocycles. The molecule has 0 radical (unpaired) electrons. The lowest BCUT2D eigenvalue weighted by Crippen LogP contribution is -2.12. The standard InChI is InChI=1S/C15H14BrNO2/c1-9-2-5-13(12(16)6-9)17-14-8-19-15-7-10(18)3-4-11(14)15/h2-7,14,17-18H,8H2,1H3. The molecule has 0 bridgehead atoms. The number of aryl methyl sites for hydroxylation is 1. The van der Waals surface area contributed by atoms with Gasteiger partial charge in [-0.05, 0) is 52.7 Å². The lowest BCUT2D eigenvalue weighted by Gasteiger charge is -2.15. The Morgan fingerprint density at radius 2 is 2.11 bits per heavy atom. The zero-order chi connectivity index (χ0) is 13.4. The Kier molecular flexibility index (Phi) is 3.11. The zero-order valence-corrected chi connectivity index (χ0v) is 12.1. The van der Waals surface area contributed by atoms with E-state index in [1.165, 1.54) is 5.56 Å². The fourth-order valence-electron chi connectivity index (χ4n) is 2.24. The molecule has 3 rings (SSSR count). The van der Waals surface area contributed by atoms with E-state index in [0.29, 0.717) is 6.61 Å². The fraction of sp³-hybridized carbons (Fsp3) is 0.200. The second kappa shape index (κ2) is 4.78. The van der Waals surface area contributed by atoms with Crippen LogP contribution in [0.3, 0.4) is 0 Å². The Morgan fingerprint density at radius 1 is 1.26 bits per heavy atom. The molecule has 2 aromatic rings.